The Morgan fingerprint density at radius 3 is 1.21 bits per heavy atom. The van der Waals surface area contributed by atoms with E-state index >= 15 is 0 Å². The molecule has 8 nitrogen and oxygen atoms in total. The van der Waals surface area contributed by atoms with Crippen LogP contribution < -0.4 is 0 Å². The monoisotopic (exact) mass is 454 g/mol. The van der Waals surface area contributed by atoms with Crippen LogP contribution in [0.1, 0.15) is 31.1 Å². The fourth-order valence-corrected chi connectivity index (χ4v) is 2.18. The fraction of sp³-hybridized carbons (Fsp3) is 0.160. The molecule has 0 amide bonds. The van der Waals surface area contributed by atoms with Crippen molar-refractivity contribution in [1.29, 1.82) is 0 Å². The molecular weight excluding hydrogens is 428 g/mol. The zero-order chi connectivity index (χ0) is 24.5. The minimum atomic E-state index is -0.879. The summed E-state index contributed by atoms with van der Waals surface area (Å²) < 4.78 is 4.91. The first-order valence-corrected chi connectivity index (χ1v) is 9.89. The highest BCUT2D eigenvalue weighted by Gasteiger charge is 2.11. The summed E-state index contributed by atoms with van der Waals surface area (Å²) in [5, 5.41) is 34.3. The van der Waals surface area contributed by atoms with Crippen molar-refractivity contribution in [3.05, 3.63) is 108 Å². The second-order valence-corrected chi connectivity index (χ2v) is 6.54. The molecule has 4 N–H and O–H groups in total. The summed E-state index contributed by atoms with van der Waals surface area (Å²) in [7, 11) is 0. The van der Waals surface area contributed by atoms with Crippen molar-refractivity contribution >= 4 is 17.9 Å². The third-order valence-electron chi connectivity index (χ3n) is 4.02. The maximum Gasteiger partial charge on any atom is 0.338 e. The normalized spacial score (nSPS) is 9.55. The highest BCUT2D eigenvalue weighted by Crippen LogP contribution is 2.03. The zero-order valence-electron chi connectivity index (χ0n) is 17.8. The van der Waals surface area contributed by atoms with Crippen LogP contribution in [0.15, 0.2) is 91.0 Å². The highest BCUT2D eigenvalue weighted by atomic mass is 16.5. The van der Waals surface area contributed by atoms with Gasteiger partial charge in [0.25, 0.3) is 0 Å². The van der Waals surface area contributed by atoms with Crippen molar-refractivity contribution in [2.24, 2.45) is 5.92 Å². The van der Waals surface area contributed by atoms with E-state index in [0.29, 0.717) is 16.7 Å². The number of rotatable bonds is 7. The van der Waals surface area contributed by atoms with Gasteiger partial charge in [0.2, 0.25) is 0 Å². The number of benzene rings is 3. The van der Waals surface area contributed by atoms with Gasteiger partial charge in [0.15, 0.2) is 0 Å². The highest BCUT2D eigenvalue weighted by molar-refractivity contribution is 5.89. The molecule has 0 radical (unpaired) electrons. The van der Waals surface area contributed by atoms with Gasteiger partial charge in [0.1, 0.15) is 0 Å². The van der Waals surface area contributed by atoms with Crippen molar-refractivity contribution in [3.8, 4) is 0 Å². The van der Waals surface area contributed by atoms with Gasteiger partial charge in [-0.15, -0.1) is 0 Å². The van der Waals surface area contributed by atoms with Crippen LogP contribution in [0.5, 0.6) is 0 Å². The number of hydrogen-bond acceptors (Lipinski definition) is 6. The first-order valence-electron chi connectivity index (χ1n) is 9.89. The third-order valence-corrected chi connectivity index (χ3v) is 4.02. The smallest absolute Gasteiger partial charge is 0.338 e. The van der Waals surface area contributed by atoms with Gasteiger partial charge in [0, 0.05) is 5.92 Å². The molecule has 0 spiro atoms. The van der Waals surface area contributed by atoms with E-state index in [-0.39, 0.29) is 19.8 Å². The number of aromatic carboxylic acids is 2. The van der Waals surface area contributed by atoms with Gasteiger partial charge in [-0.05, 0) is 36.4 Å². The molecule has 0 aliphatic rings. The first kappa shape index (κ1) is 27.0. The first-order chi connectivity index (χ1) is 15.9. The van der Waals surface area contributed by atoms with Crippen LogP contribution in [0.25, 0.3) is 0 Å². The topological polar surface area (TPSA) is 141 Å². The predicted octanol–water partition coefficient (Wildman–Crippen LogP) is 3.21. The van der Waals surface area contributed by atoms with E-state index in [0.717, 1.165) is 0 Å². The van der Waals surface area contributed by atoms with Crippen molar-refractivity contribution in [1.82, 2.24) is 0 Å². The molecule has 0 aliphatic carbocycles. The Morgan fingerprint density at radius 1 is 0.606 bits per heavy atom. The average Bonchev–Trinajstić information content (AvgIpc) is 2.87. The number of aliphatic hydroxyl groups is 2. The van der Waals surface area contributed by atoms with Crippen LogP contribution in [0, 0.1) is 5.92 Å². The van der Waals surface area contributed by atoms with Crippen molar-refractivity contribution in [3.63, 3.8) is 0 Å². The summed E-state index contributed by atoms with van der Waals surface area (Å²) in [6, 6.07) is 25.2. The van der Waals surface area contributed by atoms with E-state index in [4.69, 9.17) is 25.2 Å². The molecule has 0 aromatic heterocycles. The van der Waals surface area contributed by atoms with Crippen LogP contribution >= 0.6 is 0 Å². The van der Waals surface area contributed by atoms with Gasteiger partial charge in [-0.2, -0.15) is 0 Å². The second kappa shape index (κ2) is 15.7. The van der Waals surface area contributed by atoms with E-state index in [1.54, 1.807) is 91.0 Å². The van der Waals surface area contributed by atoms with Crippen LogP contribution in [0.3, 0.4) is 0 Å². The Labute approximate surface area is 191 Å². The van der Waals surface area contributed by atoms with Crippen molar-refractivity contribution < 1.29 is 39.5 Å². The molecule has 0 fully saturated rings. The molecular formula is C25H26O8. The number of hydrogen-bond donors (Lipinski definition) is 4. The number of carboxylic acid groups (broad SMARTS) is 2. The molecule has 0 heterocycles. The van der Waals surface area contributed by atoms with E-state index in [2.05, 4.69) is 0 Å². The Bertz CT molecular complexity index is 906. The molecule has 0 unspecified atom stereocenters. The van der Waals surface area contributed by atoms with Crippen LogP contribution in [0.4, 0.5) is 0 Å². The molecule has 8 heteroatoms. The van der Waals surface area contributed by atoms with Crippen LogP contribution in [-0.4, -0.2) is 58.2 Å². The Hall–Kier alpha value is -4.01. The minimum Gasteiger partial charge on any atom is -0.478 e. The predicted molar refractivity (Wildman–Crippen MR) is 121 cm³/mol. The Morgan fingerprint density at radius 2 is 0.939 bits per heavy atom. The largest absolute Gasteiger partial charge is 0.478 e. The number of carbonyl (C=O) groups is 3. The number of carboxylic acids is 2. The van der Waals surface area contributed by atoms with E-state index in [9.17, 15) is 14.4 Å². The van der Waals surface area contributed by atoms with Crippen molar-refractivity contribution in [2.45, 2.75) is 0 Å². The Balaban J connectivity index is 0.000000261. The lowest BCUT2D eigenvalue weighted by atomic mass is 10.2. The van der Waals surface area contributed by atoms with Gasteiger partial charge in [-0.3, -0.25) is 0 Å². The summed E-state index contributed by atoms with van der Waals surface area (Å²) in [5.74, 6) is -2.61. The lowest BCUT2D eigenvalue weighted by molar-refractivity contribution is 0.0303. The van der Waals surface area contributed by atoms with E-state index < -0.39 is 23.8 Å². The molecule has 3 aromatic rings. The minimum absolute atomic E-state index is 0.0285. The molecule has 0 aliphatic heterocycles. The molecule has 0 atom stereocenters. The quantitative estimate of drug-likeness (QED) is 0.399. The van der Waals surface area contributed by atoms with Gasteiger partial charge >= 0.3 is 17.9 Å². The van der Waals surface area contributed by atoms with E-state index in [1.165, 1.54) is 0 Å². The summed E-state index contributed by atoms with van der Waals surface area (Å²) in [4.78, 5) is 31.8. The second-order valence-electron chi connectivity index (χ2n) is 6.54. The van der Waals surface area contributed by atoms with Crippen LogP contribution in [-0.2, 0) is 4.74 Å². The van der Waals surface area contributed by atoms with Gasteiger partial charge in [-0.1, -0.05) is 54.6 Å². The fourth-order valence-electron chi connectivity index (χ4n) is 2.18. The standard InChI is InChI=1S/C11H14O4.2C7H6O2/c12-6-9(7-13)8-15-11(14)10-4-2-1-3-5-10;2*8-7(9)6-4-2-1-3-5-6/h1-5,9,12-13H,6-8H2;2*1-5H,(H,8,9). The average molecular weight is 454 g/mol. The third kappa shape index (κ3) is 11.3. The molecule has 0 saturated heterocycles. The van der Waals surface area contributed by atoms with E-state index in [1.807, 2.05) is 0 Å². The maximum absolute atomic E-state index is 11.4. The van der Waals surface area contributed by atoms with Gasteiger partial charge in [-0.25, -0.2) is 14.4 Å². The number of carbonyl (C=O) groups excluding carboxylic acids is 1. The maximum atomic E-state index is 11.4. The summed E-state index contributed by atoms with van der Waals surface area (Å²) >= 11 is 0. The summed E-state index contributed by atoms with van der Waals surface area (Å²) in [5.41, 5.74) is 1.13. The van der Waals surface area contributed by atoms with Gasteiger partial charge < -0.3 is 25.2 Å². The summed E-state index contributed by atoms with van der Waals surface area (Å²) in [6.07, 6.45) is 0. The number of aliphatic hydroxyl groups excluding tert-OH is 2. The lowest BCUT2D eigenvalue weighted by Gasteiger charge is -2.11. The van der Waals surface area contributed by atoms with Crippen molar-refractivity contribution in [2.75, 3.05) is 19.8 Å². The molecule has 0 bridgehead atoms. The lowest BCUT2D eigenvalue weighted by Crippen LogP contribution is -2.20. The molecule has 3 rings (SSSR count). The number of esters is 1. The molecule has 3 aromatic carbocycles. The van der Waals surface area contributed by atoms with Gasteiger partial charge in [0.05, 0.1) is 36.5 Å². The number of ether oxygens (including phenoxy) is 1. The summed E-state index contributed by atoms with van der Waals surface area (Å²) in [6.45, 7) is -0.363. The molecule has 0 saturated carbocycles. The Kier molecular flexibility index (Phi) is 12.9. The molecule has 33 heavy (non-hydrogen) atoms. The molecule has 174 valence electrons. The van der Waals surface area contributed by atoms with Crippen LogP contribution in [0.2, 0.25) is 0 Å². The SMILES string of the molecule is O=C(O)c1ccccc1.O=C(O)c1ccccc1.O=C(OCC(CO)CO)c1ccccc1. The zero-order valence-corrected chi connectivity index (χ0v) is 17.8.